The van der Waals surface area contributed by atoms with Gasteiger partial charge in [-0.1, -0.05) is 20.8 Å². The van der Waals surface area contributed by atoms with Crippen molar-refractivity contribution in [1.82, 2.24) is 5.32 Å². The quantitative estimate of drug-likeness (QED) is 0.660. The summed E-state index contributed by atoms with van der Waals surface area (Å²) in [5.74, 6) is 0.245. The third-order valence-electron chi connectivity index (χ3n) is 2.44. The average Bonchev–Trinajstić information content (AvgIpc) is 2.22. The van der Waals surface area contributed by atoms with Crippen LogP contribution < -0.4 is 11.1 Å². The standard InChI is InChI=1S/C11H24N2O2/c1-5-15-7-10(8(2)3)13-11(14)9(4)6-12/h8-10H,5-7,12H2,1-4H3,(H,13,14). The second-order valence-electron chi connectivity index (χ2n) is 4.16. The Morgan fingerprint density at radius 2 is 2.00 bits per heavy atom. The van der Waals surface area contributed by atoms with Gasteiger partial charge in [0.05, 0.1) is 12.6 Å². The van der Waals surface area contributed by atoms with Crippen LogP contribution in [0.15, 0.2) is 0 Å². The molecule has 4 nitrogen and oxygen atoms in total. The van der Waals surface area contributed by atoms with E-state index < -0.39 is 0 Å². The topological polar surface area (TPSA) is 64.3 Å². The average molecular weight is 216 g/mol. The summed E-state index contributed by atoms with van der Waals surface area (Å²) in [6.45, 7) is 9.53. The molecule has 0 radical (unpaired) electrons. The molecule has 2 atom stereocenters. The number of carbonyl (C=O) groups excluding carboxylic acids is 1. The second-order valence-corrected chi connectivity index (χ2v) is 4.16. The van der Waals surface area contributed by atoms with Crippen LogP contribution >= 0.6 is 0 Å². The molecule has 4 heteroatoms. The van der Waals surface area contributed by atoms with Crippen molar-refractivity contribution in [3.05, 3.63) is 0 Å². The molecule has 0 saturated carbocycles. The minimum atomic E-state index is -0.132. The molecule has 0 aliphatic carbocycles. The summed E-state index contributed by atoms with van der Waals surface area (Å²) in [4.78, 5) is 11.6. The molecule has 0 aliphatic heterocycles. The van der Waals surface area contributed by atoms with Crippen molar-refractivity contribution < 1.29 is 9.53 Å². The summed E-state index contributed by atoms with van der Waals surface area (Å²) >= 11 is 0. The molecule has 90 valence electrons. The Kier molecular flexibility index (Phi) is 7.34. The van der Waals surface area contributed by atoms with Gasteiger partial charge in [0.1, 0.15) is 0 Å². The molecule has 0 rings (SSSR count). The number of hydrogen-bond donors (Lipinski definition) is 2. The number of nitrogens with two attached hydrogens (primary N) is 1. The number of hydrogen-bond acceptors (Lipinski definition) is 3. The first-order valence-corrected chi connectivity index (χ1v) is 5.61. The number of amides is 1. The molecule has 2 unspecified atom stereocenters. The molecule has 0 saturated heterocycles. The SMILES string of the molecule is CCOCC(NC(=O)C(C)CN)C(C)C. The van der Waals surface area contributed by atoms with E-state index in [1.807, 2.05) is 13.8 Å². The maximum absolute atomic E-state index is 11.6. The van der Waals surface area contributed by atoms with E-state index in [1.54, 1.807) is 0 Å². The van der Waals surface area contributed by atoms with Crippen LogP contribution in [0.4, 0.5) is 0 Å². The minimum Gasteiger partial charge on any atom is -0.380 e. The molecule has 0 heterocycles. The van der Waals surface area contributed by atoms with Crippen LogP contribution in [0.2, 0.25) is 0 Å². The Morgan fingerprint density at radius 3 is 2.40 bits per heavy atom. The number of nitrogens with one attached hydrogen (secondary N) is 1. The van der Waals surface area contributed by atoms with E-state index in [0.717, 1.165) is 0 Å². The zero-order valence-corrected chi connectivity index (χ0v) is 10.2. The molecule has 3 N–H and O–H groups in total. The molecule has 0 bridgehead atoms. The summed E-state index contributed by atoms with van der Waals surface area (Å²) in [6, 6.07) is 0.0754. The summed E-state index contributed by atoms with van der Waals surface area (Å²) < 4.78 is 5.33. The zero-order valence-electron chi connectivity index (χ0n) is 10.2. The Balaban J connectivity index is 4.09. The van der Waals surface area contributed by atoms with Crippen molar-refractivity contribution in [1.29, 1.82) is 0 Å². The van der Waals surface area contributed by atoms with Gasteiger partial charge in [0.25, 0.3) is 0 Å². The van der Waals surface area contributed by atoms with Crippen molar-refractivity contribution in [3.8, 4) is 0 Å². The van der Waals surface area contributed by atoms with Gasteiger partial charge in [-0.2, -0.15) is 0 Å². The molecule has 15 heavy (non-hydrogen) atoms. The van der Waals surface area contributed by atoms with Gasteiger partial charge in [-0.05, 0) is 12.8 Å². The van der Waals surface area contributed by atoms with Crippen LogP contribution in [0, 0.1) is 11.8 Å². The van der Waals surface area contributed by atoms with Crippen LogP contribution in [-0.2, 0) is 9.53 Å². The molecule has 0 aliphatic rings. The van der Waals surface area contributed by atoms with Crippen LogP contribution in [0.3, 0.4) is 0 Å². The van der Waals surface area contributed by atoms with Gasteiger partial charge in [0, 0.05) is 19.1 Å². The zero-order chi connectivity index (χ0) is 11.8. The van der Waals surface area contributed by atoms with Gasteiger partial charge in [-0.15, -0.1) is 0 Å². The largest absolute Gasteiger partial charge is 0.380 e. The highest BCUT2D eigenvalue weighted by molar-refractivity contribution is 5.78. The van der Waals surface area contributed by atoms with Crippen LogP contribution in [-0.4, -0.2) is 31.7 Å². The number of carbonyl (C=O) groups is 1. The van der Waals surface area contributed by atoms with E-state index in [4.69, 9.17) is 10.5 Å². The first-order chi connectivity index (χ1) is 7.02. The molecule has 0 aromatic carbocycles. The first-order valence-electron chi connectivity index (χ1n) is 5.61. The second kappa shape index (κ2) is 7.65. The number of rotatable bonds is 7. The van der Waals surface area contributed by atoms with E-state index >= 15 is 0 Å². The molecular formula is C11H24N2O2. The van der Waals surface area contributed by atoms with Crippen molar-refractivity contribution in [3.63, 3.8) is 0 Å². The lowest BCUT2D eigenvalue weighted by Crippen LogP contribution is -2.45. The van der Waals surface area contributed by atoms with E-state index in [2.05, 4.69) is 19.2 Å². The van der Waals surface area contributed by atoms with Crippen LogP contribution in [0.1, 0.15) is 27.7 Å². The van der Waals surface area contributed by atoms with Crippen LogP contribution in [0.5, 0.6) is 0 Å². The van der Waals surface area contributed by atoms with Gasteiger partial charge >= 0.3 is 0 Å². The Labute approximate surface area is 92.6 Å². The fourth-order valence-electron chi connectivity index (χ4n) is 1.08. The third-order valence-corrected chi connectivity index (χ3v) is 2.44. The Hall–Kier alpha value is -0.610. The summed E-state index contributed by atoms with van der Waals surface area (Å²) in [6.07, 6.45) is 0. The summed E-state index contributed by atoms with van der Waals surface area (Å²) in [5, 5.41) is 2.96. The number of ether oxygens (including phenoxy) is 1. The molecule has 1 amide bonds. The maximum Gasteiger partial charge on any atom is 0.224 e. The monoisotopic (exact) mass is 216 g/mol. The highest BCUT2D eigenvalue weighted by Gasteiger charge is 2.19. The highest BCUT2D eigenvalue weighted by Crippen LogP contribution is 2.04. The Morgan fingerprint density at radius 1 is 1.40 bits per heavy atom. The van der Waals surface area contributed by atoms with Crippen molar-refractivity contribution in [2.24, 2.45) is 17.6 Å². The predicted octanol–water partition coefficient (Wildman–Crippen LogP) is 0.759. The molecular weight excluding hydrogens is 192 g/mol. The minimum absolute atomic E-state index is 0.0101. The highest BCUT2D eigenvalue weighted by atomic mass is 16.5. The Bertz CT molecular complexity index is 183. The summed E-state index contributed by atoms with van der Waals surface area (Å²) in [5.41, 5.74) is 5.43. The van der Waals surface area contributed by atoms with Gasteiger partial charge in [0.15, 0.2) is 0 Å². The van der Waals surface area contributed by atoms with Crippen molar-refractivity contribution in [2.75, 3.05) is 19.8 Å². The van der Waals surface area contributed by atoms with Gasteiger partial charge < -0.3 is 15.8 Å². The van der Waals surface area contributed by atoms with Gasteiger partial charge in [-0.25, -0.2) is 0 Å². The van der Waals surface area contributed by atoms with E-state index in [9.17, 15) is 4.79 Å². The maximum atomic E-state index is 11.6. The van der Waals surface area contributed by atoms with Gasteiger partial charge in [-0.3, -0.25) is 4.79 Å². The fraction of sp³-hybridized carbons (Fsp3) is 0.909. The summed E-state index contributed by atoms with van der Waals surface area (Å²) in [7, 11) is 0. The van der Waals surface area contributed by atoms with Crippen molar-refractivity contribution in [2.45, 2.75) is 33.7 Å². The van der Waals surface area contributed by atoms with E-state index in [1.165, 1.54) is 0 Å². The lowest BCUT2D eigenvalue weighted by Gasteiger charge is -2.23. The molecule has 0 spiro atoms. The molecule has 0 aromatic heterocycles. The van der Waals surface area contributed by atoms with Gasteiger partial charge in [0.2, 0.25) is 5.91 Å². The third kappa shape index (κ3) is 5.74. The fourth-order valence-corrected chi connectivity index (χ4v) is 1.08. The first kappa shape index (κ1) is 14.4. The normalized spacial score (nSPS) is 15.1. The van der Waals surface area contributed by atoms with E-state index in [-0.39, 0.29) is 17.9 Å². The van der Waals surface area contributed by atoms with E-state index in [0.29, 0.717) is 25.7 Å². The lowest BCUT2D eigenvalue weighted by molar-refractivity contribution is -0.125. The molecule has 0 fully saturated rings. The van der Waals surface area contributed by atoms with Crippen LogP contribution in [0.25, 0.3) is 0 Å². The smallest absolute Gasteiger partial charge is 0.224 e. The lowest BCUT2D eigenvalue weighted by atomic mass is 10.0. The predicted molar refractivity (Wildman–Crippen MR) is 61.5 cm³/mol. The molecule has 0 aromatic rings. The van der Waals surface area contributed by atoms with Crippen molar-refractivity contribution >= 4 is 5.91 Å².